The number of hydrogen-bond acceptors (Lipinski definition) is 3. The lowest BCUT2D eigenvalue weighted by Gasteiger charge is -2.20. The SMILES string of the molecule is NCc1cc(C(=O)NC2CCCC2Cc2ccccc2)co1. The molecule has 2 atom stereocenters. The summed E-state index contributed by atoms with van der Waals surface area (Å²) >= 11 is 0. The number of nitrogens with one attached hydrogen (secondary N) is 1. The molecule has 0 aliphatic heterocycles. The van der Waals surface area contributed by atoms with Crippen molar-refractivity contribution in [2.75, 3.05) is 0 Å². The quantitative estimate of drug-likeness (QED) is 0.892. The van der Waals surface area contributed by atoms with Crippen molar-refractivity contribution in [3.05, 3.63) is 59.5 Å². The van der Waals surface area contributed by atoms with Gasteiger partial charge in [-0.2, -0.15) is 0 Å². The van der Waals surface area contributed by atoms with Gasteiger partial charge in [0, 0.05) is 6.04 Å². The second kappa shape index (κ2) is 6.79. The third-order valence-corrected chi connectivity index (χ3v) is 4.43. The number of nitrogens with two attached hydrogens (primary N) is 1. The summed E-state index contributed by atoms with van der Waals surface area (Å²) in [6.45, 7) is 0.313. The van der Waals surface area contributed by atoms with Gasteiger partial charge in [-0.25, -0.2) is 0 Å². The van der Waals surface area contributed by atoms with Crippen molar-refractivity contribution < 1.29 is 9.21 Å². The fourth-order valence-electron chi connectivity index (χ4n) is 3.25. The molecule has 1 heterocycles. The zero-order valence-electron chi connectivity index (χ0n) is 12.6. The van der Waals surface area contributed by atoms with Crippen molar-refractivity contribution in [3.63, 3.8) is 0 Å². The normalized spacial score (nSPS) is 21.0. The van der Waals surface area contributed by atoms with Crippen molar-refractivity contribution in [2.24, 2.45) is 11.7 Å². The average molecular weight is 298 g/mol. The molecular formula is C18H22N2O2. The molecule has 1 amide bonds. The molecule has 116 valence electrons. The van der Waals surface area contributed by atoms with E-state index in [0.717, 1.165) is 12.8 Å². The minimum Gasteiger partial charge on any atom is -0.467 e. The van der Waals surface area contributed by atoms with Crippen LogP contribution in [0.5, 0.6) is 0 Å². The Kier molecular flexibility index (Phi) is 4.59. The molecule has 3 N–H and O–H groups in total. The highest BCUT2D eigenvalue weighted by molar-refractivity contribution is 5.94. The van der Waals surface area contributed by atoms with E-state index in [9.17, 15) is 4.79 Å². The molecular weight excluding hydrogens is 276 g/mol. The third kappa shape index (κ3) is 3.39. The second-order valence-electron chi connectivity index (χ2n) is 5.97. The van der Waals surface area contributed by atoms with E-state index in [-0.39, 0.29) is 11.9 Å². The number of amides is 1. The van der Waals surface area contributed by atoms with Crippen LogP contribution in [0.4, 0.5) is 0 Å². The maximum absolute atomic E-state index is 12.3. The highest BCUT2D eigenvalue weighted by atomic mass is 16.3. The first-order valence-corrected chi connectivity index (χ1v) is 7.88. The highest BCUT2D eigenvalue weighted by Crippen LogP contribution is 2.29. The van der Waals surface area contributed by atoms with Gasteiger partial charge in [0.1, 0.15) is 12.0 Å². The topological polar surface area (TPSA) is 68.3 Å². The highest BCUT2D eigenvalue weighted by Gasteiger charge is 2.29. The Bertz CT molecular complexity index is 621. The Morgan fingerprint density at radius 2 is 2.09 bits per heavy atom. The van der Waals surface area contributed by atoms with Crippen LogP contribution in [0, 0.1) is 5.92 Å². The summed E-state index contributed by atoms with van der Waals surface area (Å²) in [7, 11) is 0. The number of furan rings is 1. The van der Waals surface area contributed by atoms with Gasteiger partial charge in [-0.15, -0.1) is 0 Å². The smallest absolute Gasteiger partial charge is 0.254 e. The van der Waals surface area contributed by atoms with Crippen molar-refractivity contribution in [2.45, 2.75) is 38.3 Å². The van der Waals surface area contributed by atoms with Crippen LogP contribution in [-0.4, -0.2) is 11.9 Å². The molecule has 1 aromatic carbocycles. The number of rotatable bonds is 5. The van der Waals surface area contributed by atoms with Gasteiger partial charge in [-0.1, -0.05) is 36.8 Å². The van der Waals surface area contributed by atoms with E-state index in [1.807, 2.05) is 6.07 Å². The monoisotopic (exact) mass is 298 g/mol. The minimum atomic E-state index is -0.0617. The summed E-state index contributed by atoms with van der Waals surface area (Å²) in [4.78, 5) is 12.3. The van der Waals surface area contributed by atoms with Crippen LogP contribution in [-0.2, 0) is 13.0 Å². The van der Waals surface area contributed by atoms with Crippen molar-refractivity contribution in [1.82, 2.24) is 5.32 Å². The summed E-state index contributed by atoms with van der Waals surface area (Å²) in [6.07, 6.45) is 5.88. The first-order valence-electron chi connectivity index (χ1n) is 7.88. The molecule has 4 heteroatoms. The molecule has 1 aliphatic rings. The fourth-order valence-corrected chi connectivity index (χ4v) is 3.25. The molecule has 1 fully saturated rings. The van der Waals surface area contributed by atoms with Gasteiger partial charge in [0.15, 0.2) is 0 Å². The van der Waals surface area contributed by atoms with Gasteiger partial charge in [0.25, 0.3) is 5.91 Å². The van der Waals surface area contributed by atoms with Crippen LogP contribution < -0.4 is 11.1 Å². The van der Waals surface area contributed by atoms with E-state index >= 15 is 0 Å². The largest absolute Gasteiger partial charge is 0.467 e. The van der Waals surface area contributed by atoms with Crippen LogP contribution in [0.1, 0.15) is 40.9 Å². The standard InChI is InChI=1S/C18H22N2O2/c19-11-16-10-15(12-22-16)18(21)20-17-8-4-7-14(17)9-13-5-2-1-3-6-13/h1-3,5-6,10,12,14,17H,4,7-9,11,19H2,(H,20,21). The zero-order valence-corrected chi connectivity index (χ0v) is 12.6. The summed E-state index contributed by atoms with van der Waals surface area (Å²) in [5.41, 5.74) is 7.41. The zero-order chi connectivity index (χ0) is 15.4. The summed E-state index contributed by atoms with van der Waals surface area (Å²) < 4.78 is 5.24. The first kappa shape index (κ1) is 14.9. The molecule has 2 unspecified atom stereocenters. The van der Waals surface area contributed by atoms with Crippen LogP contribution in [0.2, 0.25) is 0 Å². The van der Waals surface area contributed by atoms with E-state index in [0.29, 0.717) is 23.8 Å². The Balaban J connectivity index is 1.62. The van der Waals surface area contributed by atoms with Crippen molar-refractivity contribution >= 4 is 5.91 Å². The van der Waals surface area contributed by atoms with Gasteiger partial charge in [-0.05, 0) is 36.8 Å². The van der Waals surface area contributed by atoms with Gasteiger partial charge in [0.2, 0.25) is 0 Å². The molecule has 0 spiro atoms. The Hall–Kier alpha value is -2.07. The van der Waals surface area contributed by atoms with E-state index in [1.54, 1.807) is 6.07 Å². The Morgan fingerprint density at radius 3 is 2.82 bits per heavy atom. The lowest BCUT2D eigenvalue weighted by molar-refractivity contribution is 0.0927. The average Bonchev–Trinajstić information content (AvgIpc) is 3.18. The van der Waals surface area contributed by atoms with Crippen molar-refractivity contribution in [3.8, 4) is 0 Å². The molecule has 0 radical (unpaired) electrons. The molecule has 1 aliphatic carbocycles. The lowest BCUT2D eigenvalue weighted by atomic mass is 9.94. The van der Waals surface area contributed by atoms with Gasteiger partial charge in [-0.3, -0.25) is 4.79 Å². The summed E-state index contributed by atoms with van der Waals surface area (Å²) in [6, 6.07) is 12.4. The van der Waals surface area contributed by atoms with E-state index in [2.05, 4.69) is 29.6 Å². The molecule has 1 aromatic heterocycles. The van der Waals surface area contributed by atoms with Crippen LogP contribution in [0.15, 0.2) is 47.1 Å². The number of hydrogen-bond donors (Lipinski definition) is 2. The number of carbonyl (C=O) groups excluding carboxylic acids is 1. The Labute approximate surface area is 130 Å². The lowest BCUT2D eigenvalue weighted by Crippen LogP contribution is -2.37. The molecule has 4 nitrogen and oxygen atoms in total. The van der Waals surface area contributed by atoms with Gasteiger partial charge >= 0.3 is 0 Å². The van der Waals surface area contributed by atoms with Crippen LogP contribution >= 0.6 is 0 Å². The predicted molar refractivity (Wildman–Crippen MR) is 85.3 cm³/mol. The maximum Gasteiger partial charge on any atom is 0.254 e. The number of carbonyl (C=O) groups is 1. The third-order valence-electron chi connectivity index (χ3n) is 4.43. The van der Waals surface area contributed by atoms with Crippen molar-refractivity contribution in [1.29, 1.82) is 0 Å². The van der Waals surface area contributed by atoms with E-state index < -0.39 is 0 Å². The summed E-state index contributed by atoms with van der Waals surface area (Å²) in [5, 5.41) is 3.16. The molecule has 3 rings (SSSR count). The molecule has 2 aromatic rings. The Morgan fingerprint density at radius 1 is 1.27 bits per heavy atom. The first-order chi connectivity index (χ1) is 10.8. The fraction of sp³-hybridized carbons (Fsp3) is 0.389. The van der Waals surface area contributed by atoms with E-state index in [4.69, 9.17) is 10.2 Å². The van der Waals surface area contributed by atoms with Crippen LogP contribution in [0.3, 0.4) is 0 Å². The molecule has 22 heavy (non-hydrogen) atoms. The predicted octanol–water partition coefficient (Wildman–Crippen LogP) is 2.88. The van der Waals surface area contributed by atoms with Crippen LogP contribution in [0.25, 0.3) is 0 Å². The molecule has 1 saturated carbocycles. The van der Waals surface area contributed by atoms with Gasteiger partial charge < -0.3 is 15.5 Å². The molecule has 0 saturated heterocycles. The minimum absolute atomic E-state index is 0.0617. The maximum atomic E-state index is 12.3. The second-order valence-corrected chi connectivity index (χ2v) is 5.97. The molecule has 0 bridgehead atoms. The number of benzene rings is 1. The summed E-state index contributed by atoms with van der Waals surface area (Å²) in [5.74, 6) is 1.08. The van der Waals surface area contributed by atoms with E-state index in [1.165, 1.54) is 24.7 Å². The van der Waals surface area contributed by atoms with Gasteiger partial charge in [0.05, 0.1) is 12.1 Å².